The molecule has 5 heteroatoms. The van der Waals surface area contributed by atoms with Crippen molar-refractivity contribution >= 4 is 5.78 Å². The predicted molar refractivity (Wildman–Crippen MR) is 124 cm³/mol. The van der Waals surface area contributed by atoms with E-state index < -0.39 is 0 Å². The maximum Gasteiger partial charge on any atom is 0.230 e. The number of methoxy groups -OCH3 is 2. The van der Waals surface area contributed by atoms with Gasteiger partial charge in [0.2, 0.25) is 5.78 Å². The normalized spacial score (nSPS) is 10.6. The molecular weight excluding hydrogens is 400 g/mol. The largest absolute Gasteiger partial charge is 0.497 e. The molecule has 0 saturated heterocycles. The highest BCUT2D eigenvalue weighted by atomic mass is 16.5. The first-order valence-corrected chi connectivity index (χ1v) is 10.4. The average Bonchev–Trinajstić information content (AvgIpc) is 2.85. The van der Waals surface area contributed by atoms with Gasteiger partial charge in [-0.3, -0.25) is 14.8 Å². The second-order valence-electron chi connectivity index (χ2n) is 7.40. The minimum atomic E-state index is -0.168. The third-order valence-corrected chi connectivity index (χ3v) is 5.32. The fourth-order valence-electron chi connectivity index (χ4n) is 3.61. The number of ether oxygens (including phenoxy) is 2. The first-order chi connectivity index (χ1) is 15.7. The van der Waals surface area contributed by atoms with Crippen molar-refractivity contribution in [2.24, 2.45) is 0 Å². The summed E-state index contributed by atoms with van der Waals surface area (Å²) in [6.45, 7) is 0. The van der Waals surface area contributed by atoms with Crippen molar-refractivity contribution < 1.29 is 14.3 Å². The first kappa shape index (κ1) is 21.2. The van der Waals surface area contributed by atoms with E-state index in [1.165, 1.54) is 0 Å². The number of rotatable bonds is 8. The zero-order valence-electron chi connectivity index (χ0n) is 18.1. The van der Waals surface area contributed by atoms with Gasteiger partial charge in [0.25, 0.3) is 0 Å². The van der Waals surface area contributed by atoms with E-state index in [0.717, 1.165) is 33.8 Å². The van der Waals surface area contributed by atoms with Crippen LogP contribution in [0.25, 0.3) is 0 Å². The molecule has 0 spiro atoms. The highest BCUT2D eigenvalue weighted by Crippen LogP contribution is 2.21. The number of ketones is 1. The van der Waals surface area contributed by atoms with Gasteiger partial charge in [0.1, 0.15) is 22.9 Å². The Morgan fingerprint density at radius 2 is 1.06 bits per heavy atom. The molecule has 0 aliphatic rings. The Morgan fingerprint density at radius 3 is 1.44 bits per heavy atom. The summed E-state index contributed by atoms with van der Waals surface area (Å²) in [4.78, 5) is 22.4. The van der Waals surface area contributed by atoms with Gasteiger partial charge in [-0.2, -0.15) is 0 Å². The van der Waals surface area contributed by atoms with E-state index in [2.05, 4.69) is 9.97 Å². The lowest BCUT2D eigenvalue weighted by atomic mass is 9.96. The van der Waals surface area contributed by atoms with Crippen LogP contribution in [-0.4, -0.2) is 30.0 Å². The van der Waals surface area contributed by atoms with Gasteiger partial charge >= 0.3 is 0 Å². The molecule has 0 aliphatic carbocycles. The molecule has 4 aromatic rings. The first-order valence-electron chi connectivity index (χ1n) is 10.4. The number of carbonyl (C=O) groups excluding carboxylic acids is 1. The minimum absolute atomic E-state index is 0.168. The molecule has 2 aromatic heterocycles. The molecule has 2 heterocycles. The number of pyridine rings is 2. The lowest BCUT2D eigenvalue weighted by molar-refractivity contribution is 0.102. The molecule has 0 aliphatic heterocycles. The zero-order valence-corrected chi connectivity index (χ0v) is 18.1. The molecule has 160 valence electrons. The molecule has 0 N–H and O–H groups in total. The van der Waals surface area contributed by atoms with Crippen LogP contribution in [-0.2, 0) is 12.8 Å². The summed E-state index contributed by atoms with van der Waals surface area (Å²) < 4.78 is 10.5. The van der Waals surface area contributed by atoms with Gasteiger partial charge in [0, 0.05) is 12.4 Å². The fourth-order valence-corrected chi connectivity index (χ4v) is 3.61. The Bertz CT molecular complexity index is 1110. The number of carbonyl (C=O) groups is 1. The molecule has 0 atom stereocenters. The lowest BCUT2D eigenvalue weighted by Crippen LogP contribution is -2.13. The quantitative estimate of drug-likeness (QED) is 0.376. The number of hydrogen-bond donors (Lipinski definition) is 0. The van der Waals surface area contributed by atoms with Crippen molar-refractivity contribution in [1.29, 1.82) is 0 Å². The SMILES string of the molecule is COc1ccc(Cc2cccnc2C(=O)c2ncccc2Cc2ccc(OC)cc2)cc1. The highest BCUT2D eigenvalue weighted by Gasteiger charge is 2.20. The molecule has 0 amide bonds. The topological polar surface area (TPSA) is 61.3 Å². The number of hydrogen-bond acceptors (Lipinski definition) is 5. The van der Waals surface area contributed by atoms with E-state index in [0.29, 0.717) is 24.2 Å². The van der Waals surface area contributed by atoms with Crippen LogP contribution >= 0.6 is 0 Å². The Balaban J connectivity index is 1.62. The second kappa shape index (κ2) is 9.88. The van der Waals surface area contributed by atoms with Crippen molar-refractivity contribution in [3.8, 4) is 11.5 Å². The standard InChI is InChI=1S/C27H24N2O3/c1-31-23-11-7-19(8-12-23)17-21-5-3-15-28-25(21)27(30)26-22(6-4-16-29-26)18-20-9-13-24(32-2)14-10-20/h3-16H,17-18H2,1-2H3. The Hall–Kier alpha value is -3.99. The van der Waals surface area contributed by atoms with Crippen LogP contribution in [0.5, 0.6) is 11.5 Å². The minimum Gasteiger partial charge on any atom is -0.497 e. The van der Waals surface area contributed by atoms with Crippen LogP contribution < -0.4 is 9.47 Å². The van der Waals surface area contributed by atoms with E-state index in [1.807, 2.05) is 72.8 Å². The zero-order chi connectivity index (χ0) is 22.3. The monoisotopic (exact) mass is 424 g/mol. The molecule has 4 rings (SSSR count). The molecule has 0 bridgehead atoms. The molecule has 0 saturated carbocycles. The molecule has 0 unspecified atom stereocenters. The fraction of sp³-hybridized carbons (Fsp3) is 0.148. The van der Waals surface area contributed by atoms with Crippen LogP contribution in [0.15, 0.2) is 85.2 Å². The molecule has 5 nitrogen and oxygen atoms in total. The third kappa shape index (κ3) is 4.83. The number of nitrogens with zero attached hydrogens (tertiary/aromatic N) is 2. The van der Waals surface area contributed by atoms with E-state index >= 15 is 0 Å². The van der Waals surface area contributed by atoms with Crippen LogP contribution in [0.4, 0.5) is 0 Å². The van der Waals surface area contributed by atoms with Gasteiger partial charge < -0.3 is 9.47 Å². The Kier molecular flexibility index (Phi) is 6.56. The van der Waals surface area contributed by atoms with Crippen molar-refractivity contribution in [3.63, 3.8) is 0 Å². The molecule has 0 radical (unpaired) electrons. The van der Waals surface area contributed by atoms with Crippen molar-refractivity contribution in [2.75, 3.05) is 14.2 Å². The van der Waals surface area contributed by atoms with Gasteiger partial charge in [0.05, 0.1) is 14.2 Å². The maximum atomic E-state index is 13.5. The summed E-state index contributed by atoms with van der Waals surface area (Å²) in [6, 6.07) is 23.2. The summed E-state index contributed by atoms with van der Waals surface area (Å²) in [5, 5.41) is 0. The van der Waals surface area contributed by atoms with E-state index in [-0.39, 0.29) is 5.78 Å². The Morgan fingerprint density at radius 1 is 0.656 bits per heavy atom. The second-order valence-corrected chi connectivity index (χ2v) is 7.40. The average molecular weight is 425 g/mol. The van der Waals surface area contributed by atoms with E-state index in [4.69, 9.17) is 9.47 Å². The summed E-state index contributed by atoms with van der Waals surface area (Å²) in [6.07, 6.45) is 4.49. The summed E-state index contributed by atoms with van der Waals surface area (Å²) >= 11 is 0. The molecule has 0 fully saturated rings. The molecular formula is C27H24N2O3. The third-order valence-electron chi connectivity index (χ3n) is 5.32. The van der Waals surface area contributed by atoms with E-state index in [1.54, 1.807) is 26.6 Å². The maximum absolute atomic E-state index is 13.5. The van der Waals surface area contributed by atoms with Gasteiger partial charge in [-0.15, -0.1) is 0 Å². The summed E-state index contributed by atoms with van der Waals surface area (Å²) in [7, 11) is 3.28. The predicted octanol–water partition coefficient (Wildman–Crippen LogP) is 4.91. The van der Waals surface area contributed by atoms with Gasteiger partial charge in [-0.1, -0.05) is 36.4 Å². The van der Waals surface area contributed by atoms with Gasteiger partial charge in [0.15, 0.2) is 0 Å². The van der Waals surface area contributed by atoms with Crippen molar-refractivity contribution in [3.05, 3.63) is 119 Å². The van der Waals surface area contributed by atoms with Crippen molar-refractivity contribution in [2.45, 2.75) is 12.8 Å². The van der Waals surface area contributed by atoms with Crippen LogP contribution in [0.1, 0.15) is 38.4 Å². The number of benzene rings is 2. The Labute approximate surface area is 187 Å². The van der Waals surface area contributed by atoms with Gasteiger partial charge in [-0.05, 0) is 71.5 Å². The van der Waals surface area contributed by atoms with E-state index in [9.17, 15) is 4.79 Å². The smallest absolute Gasteiger partial charge is 0.230 e. The summed E-state index contributed by atoms with van der Waals surface area (Å²) in [5.41, 5.74) is 4.74. The van der Waals surface area contributed by atoms with Crippen LogP contribution in [0.2, 0.25) is 0 Å². The summed E-state index contributed by atoms with van der Waals surface area (Å²) in [5.74, 6) is 1.43. The lowest BCUT2D eigenvalue weighted by Gasteiger charge is -2.11. The number of aromatic nitrogens is 2. The molecule has 2 aromatic carbocycles. The molecule has 32 heavy (non-hydrogen) atoms. The van der Waals surface area contributed by atoms with Crippen LogP contribution in [0.3, 0.4) is 0 Å². The van der Waals surface area contributed by atoms with Crippen molar-refractivity contribution in [1.82, 2.24) is 9.97 Å². The van der Waals surface area contributed by atoms with Gasteiger partial charge in [-0.25, -0.2) is 0 Å². The highest BCUT2D eigenvalue weighted by molar-refractivity contribution is 6.08. The van der Waals surface area contributed by atoms with Crippen LogP contribution in [0, 0.1) is 0 Å².